The van der Waals surface area contributed by atoms with E-state index in [2.05, 4.69) is 15.1 Å². The van der Waals surface area contributed by atoms with Gasteiger partial charge < -0.3 is 0 Å². The van der Waals surface area contributed by atoms with Gasteiger partial charge in [0.25, 0.3) is 0 Å². The highest BCUT2D eigenvalue weighted by molar-refractivity contribution is 5.84. The molecule has 4 rings (SSSR count). The van der Waals surface area contributed by atoms with E-state index in [1.807, 2.05) is 59.3 Å². The first-order valence-electron chi connectivity index (χ1n) is 6.08. The maximum absolute atomic E-state index is 4.65. The minimum Gasteiger partial charge on any atom is -0.241 e. The highest BCUT2D eigenvalue weighted by Crippen LogP contribution is 2.18. The van der Waals surface area contributed by atoms with Crippen molar-refractivity contribution in [3.05, 3.63) is 60.8 Å². The summed E-state index contributed by atoms with van der Waals surface area (Å²) in [7, 11) is 0. The molecule has 0 aliphatic heterocycles. The summed E-state index contributed by atoms with van der Waals surface area (Å²) in [6, 6.07) is 17.8. The molecule has 0 spiro atoms. The van der Waals surface area contributed by atoms with Crippen LogP contribution in [0.5, 0.6) is 0 Å². The Morgan fingerprint density at radius 3 is 2.16 bits per heavy atom. The van der Waals surface area contributed by atoms with Crippen LogP contribution in [0.15, 0.2) is 60.8 Å². The van der Waals surface area contributed by atoms with Gasteiger partial charge >= 0.3 is 0 Å². The molecule has 19 heavy (non-hydrogen) atoms. The summed E-state index contributed by atoms with van der Waals surface area (Å²) >= 11 is 0. The van der Waals surface area contributed by atoms with Crippen molar-refractivity contribution >= 4 is 22.2 Å². The fourth-order valence-electron chi connectivity index (χ4n) is 2.17. The van der Waals surface area contributed by atoms with Crippen LogP contribution in [0.25, 0.3) is 27.9 Å². The number of fused-ring (bicyclic) bond motifs is 2. The summed E-state index contributed by atoms with van der Waals surface area (Å²) in [4.78, 5) is 9.23. The van der Waals surface area contributed by atoms with E-state index in [1.165, 1.54) is 0 Å². The van der Waals surface area contributed by atoms with E-state index in [-0.39, 0.29) is 0 Å². The van der Waals surface area contributed by atoms with Crippen LogP contribution in [0.3, 0.4) is 0 Å². The van der Waals surface area contributed by atoms with Gasteiger partial charge in [-0.05, 0) is 24.3 Å². The van der Waals surface area contributed by atoms with Crippen LogP contribution in [-0.2, 0) is 0 Å². The molecule has 0 amide bonds. The molecular weight excluding hydrogens is 236 g/mol. The number of benzene rings is 2. The molecule has 0 aliphatic rings. The molecule has 4 nitrogen and oxygen atoms in total. The van der Waals surface area contributed by atoms with E-state index >= 15 is 0 Å². The van der Waals surface area contributed by atoms with Crippen LogP contribution in [0.2, 0.25) is 0 Å². The molecule has 4 heteroatoms. The molecule has 0 unspecified atom stereocenters. The van der Waals surface area contributed by atoms with Crippen molar-refractivity contribution < 1.29 is 0 Å². The number of nitrogens with zero attached hydrogens (tertiary/aromatic N) is 4. The molecule has 0 saturated heterocycles. The molecule has 0 fully saturated rings. The maximum Gasteiger partial charge on any atom is 0.182 e. The lowest BCUT2D eigenvalue weighted by Crippen LogP contribution is -1.97. The Balaban J connectivity index is 2.05. The normalized spacial score (nSPS) is 11.2. The lowest BCUT2D eigenvalue weighted by Gasteiger charge is -2.02. The molecule has 0 N–H and O–H groups in total. The lowest BCUT2D eigenvalue weighted by atomic mass is 10.3. The molecule has 0 aliphatic carbocycles. The van der Waals surface area contributed by atoms with Gasteiger partial charge in [0, 0.05) is 0 Å². The molecule has 0 saturated carbocycles. The van der Waals surface area contributed by atoms with Crippen molar-refractivity contribution in [2.75, 3.05) is 0 Å². The smallest absolute Gasteiger partial charge is 0.182 e. The van der Waals surface area contributed by atoms with Gasteiger partial charge in [0.1, 0.15) is 5.52 Å². The molecule has 0 radical (unpaired) electrons. The molecule has 4 aromatic rings. The van der Waals surface area contributed by atoms with Crippen LogP contribution in [-0.4, -0.2) is 19.7 Å². The summed E-state index contributed by atoms with van der Waals surface area (Å²) in [5.41, 5.74) is 4.35. The van der Waals surface area contributed by atoms with Crippen molar-refractivity contribution in [3.8, 4) is 5.69 Å². The zero-order chi connectivity index (χ0) is 12.7. The maximum atomic E-state index is 4.65. The lowest BCUT2D eigenvalue weighted by molar-refractivity contribution is 0.899. The fraction of sp³-hybridized carbons (Fsp3) is 0. The second-order valence-electron chi connectivity index (χ2n) is 4.31. The fourth-order valence-corrected chi connectivity index (χ4v) is 2.17. The van der Waals surface area contributed by atoms with Gasteiger partial charge in [-0.3, -0.25) is 0 Å². The second kappa shape index (κ2) is 3.88. The monoisotopic (exact) mass is 246 g/mol. The van der Waals surface area contributed by atoms with Crippen LogP contribution in [0, 0.1) is 0 Å². The van der Waals surface area contributed by atoms with E-state index in [4.69, 9.17) is 0 Å². The summed E-state index contributed by atoms with van der Waals surface area (Å²) in [5, 5.41) is 4.38. The van der Waals surface area contributed by atoms with E-state index in [0.29, 0.717) is 0 Å². The third-order valence-corrected chi connectivity index (χ3v) is 3.07. The van der Waals surface area contributed by atoms with Gasteiger partial charge in [-0.25, -0.2) is 14.6 Å². The number of para-hydroxylation sites is 3. The molecule has 0 bridgehead atoms. The van der Waals surface area contributed by atoms with Gasteiger partial charge in [-0.15, -0.1) is 0 Å². The summed E-state index contributed by atoms with van der Waals surface area (Å²) in [6.07, 6.45) is 1.75. The zero-order valence-corrected chi connectivity index (χ0v) is 10.1. The summed E-state index contributed by atoms with van der Waals surface area (Å²) in [6.45, 7) is 0. The number of rotatable bonds is 1. The Labute approximate surface area is 109 Å². The average Bonchev–Trinajstić information content (AvgIpc) is 2.88. The highest BCUT2D eigenvalue weighted by Gasteiger charge is 2.08. The van der Waals surface area contributed by atoms with Crippen molar-refractivity contribution in [1.29, 1.82) is 0 Å². The second-order valence-corrected chi connectivity index (χ2v) is 4.31. The minimum absolute atomic E-state index is 0.782. The van der Waals surface area contributed by atoms with E-state index < -0.39 is 0 Å². The first kappa shape index (κ1) is 10.2. The molecule has 2 aromatic carbocycles. The Morgan fingerprint density at radius 2 is 1.37 bits per heavy atom. The topological polar surface area (TPSA) is 43.6 Å². The van der Waals surface area contributed by atoms with Gasteiger partial charge in [-0.2, -0.15) is 5.10 Å². The van der Waals surface area contributed by atoms with Crippen molar-refractivity contribution in [3.63, 3.8) is 0 Å². The number of hydrogen-bond donors (Lipinski definition) is 0. The third-order valence-electron chi connectivity index (χ3n) is 3.07. The van der Waals surface area contributed by atoms with Gasteiger partial charge in [0.15, 0.2) is 5.65 Å². The molecule has 2 heterocycles. The van der Waals surface area contributed by atoms with Crippen molar-refractivity contribution in [2.24, 2.45) is 0 Å². The molecular formula is C15H10N4. The Kier molecular flexibility index (Phi) is 2.08. The molecule has 90 valence electrons. The average molecular weight is 246 g/mol. The number of aromatic nitrogens is 4. The zero-order valence-electron chi connectivity index (χ0n) is 10.1. The Hall–Kier alpha value is -2.75. The van der Waals surface area contributed by atoms with E-state index in [9.17, 15) is 0 Å². The first-order chi connectivity index (χ1) is 9.42. The standard InChI is InChI=1S/C15H10N4/c1-2-6-11(7-3-1)19-15-14(10-16-19)17-12-8-4-5-9-13(12)18-15/h1-10H. The van der Waals surface area contributed by atoms with E-state index in [1.54, 1.807) is 6.20 Å². The first-order valence-corrected chi connectivity index (χ1v) is 6.08. The molecule has 0 atom stereocenters. The van der Waals surface area contributed by atoms with E-state index in [0.717, 1.165) is 27.9 Å². The largest absolute Gasteiger partial charge is 0.241 e. The van der Waals surface area contributed by atoms with Gasteiger partial charge in [0.2, 0.25) is 0 Å². The molecule has 2 aromatic heterocycles. The van der Waals surface area contributed by atoms with Gasteiger partial charge in [0.05, 0.1) is 22.9 Å². The van der Waals surface area contributed by atoms with Crippen molar-refractivity contribution in [2.45, 2.75) is 0 Å². The highest BCUT2D eigenvalue weighted by atomic mass is 15.3. The van der Waals surface area contributed by atoms with Crippen LogP contribution in [0.4, 0.5) is 0 Å². The predicted molar refractivity (Wildman–Crippen MR) is 74.2 cm³/mol. The predicted octanol–water partition coefficient (Wildman–Crippen LogP) is 2.97. The minimum atomic E-state index is 0.782. The van der Waals surface area contributed by atoms with Crippen LogP contribution >= 0.6 is 0 Å². The Morgan fingerprint density at radius 1 is 0.684 bits per heavy atom. The SMILES string of the molecule is c1ccc(-n2ncc3nc4ccccc4nc32)cc1. The Bertz CT molecular complexity index is 865. The number of hydrogen-bond acceptors (Lipinski definition) is 3. The summed E-state index contributed by atoms with van der Waals surface area (Å²) < 4.78 is 1.81. The third kappa shape index (κ3) is 1.57. The quantitative estimate of drug-likeness (QED) is 0.518. The van der Waals surface area contributed by atoms with Crippen LogP contribution in [0.1, 0.15) is 0 Å². The van der Waals surface area contributed by atoms with Crippen LogP contribution < -0.4 is 0 Å². The van der Waals surface area contributed by atoms with Crippen molar-refractivity contribution in [1.82, 2.24) is 19.7 Å². The summed E-state index contributed by atoms with van der Waals surface area (Å²) in [5.74, 6) is 0. The van der Waals surface area contributed by atoms with Gasteiger partial charge in [-0.1, -0.05) is 30.3 Å².